The molecule has 0 amide bonds. The maximum Gasteiger partial charge on any atom is 0.347 e. The molecule has 1 rings (SSSR count). The van der Waals surface area contributed by atoms with Gasteiger partial charge in [0.15, 0.2) is 5.06 Å². The Morgan fingerprint density at radius 1 is 1.58 bits per heavy atom. The predicted molar refractivity (Wildman–Crippen MR) is 41.7 cm³/mol. The highest BCUT2D eigenvalue weighted by Crippen LogP contribution is 2.32. The van der Waals surface area contributed by atoms with Crippen LogP contribution in [0.3, 0.4) is 0 Å². The minimum Gasteiger partial charge on any atom is -0.871 e. The molecule has 66 valence electrons. The van der Waals surface area contributed by atoms with Crippen LogP contribution in [0.5, 0.6) is 10.8 Å². The van der Waals surface area contributed by atoms with Crippen LogP contribution in [0, 0.1) is 0 Å². The second-order valence-electron chi connectivity index (χ2n) is 1.95. The number of hydrogen-bond acceptors (Lipinski definition) is 5. The third-order valence-electron chi connectivity index (χ3n) is 1.25. The number of esters is 1. The first-order chi connectivity index (χ1) is 5.69. The Balaban J connectivity index is 2.99. The van der Waals surface area contributed by atoms with Crippen molar-refractivity contribution in [2.45, 2.75) is 0 Å². The van der Waals surface area contributed by atoms with Gasteiger partial charge in [-0.2, -0.15) is 0 Å². The molecule has 0 unspecified atom stereocenters. The fourth-order valence-electron chi connectivity index (χ4n) is 0.688. The van der Waals surface area contributed by atoms with Crippen LogP contribution in [0.25, 0.3) is 0 Å². The van der Waals surface area contributed by atoms with Gasteiger partial charge in [0.25, 0.3) is 0 Å². The van der Waals surface area contributed by atoms with Gasteiger partial charge >= 0.3 is 5.97 Å². The van der Waals surface area contributed by atoms with E-state index in [4.69, 9.17) is 4.74 Å². The van der Waals surface area contributed by atoms with Crippen molar-refractivity contribution < 1.29 is 19.4 Å². The molecule has 0 saturated carbocycles. The van der Waals surface area contributed by atoms with E-state index in [1.165, 1.54) is 20.3 Å². The van der Waals surface area contributed by atoms with Crippen molar-refractivity contribution in [3.8, 4) is 10.8 Å². The van der Waals surface area contributed by atoms with E-state index in [-0.39, 0.29) is 10.6 Å². The van der Waals surface area contributed by atoms with Crippen LogP contribution in [0.1, 0.15) is 9.67 Å². The van der Waals surface area contributed by atoms with E-state index in [2.05, 4.69) is 4.74 Å². The van der Waals surface area contributed by atoms with Gasteiger partial charge < -0.3 is 14.6 Å². The van der Waals surface area contributed by atoms with Gasteiger partial charge in [0, 0.05) is 0 Å². The molecule has 0 bridgehead atoms. The van der Waals surface area contributed by atoms with Gasteiger partial charge in [0.1, 0.15) is 4.88 Å². The summed E-state index contributed by atoms with van der Waals surface area (Å²) in [5.74, 6) is -0.975. The summed E-state index contributed by atoms with van der Waals surface area (Å²) in [5, 5.41) is 11.4. The van der Waals surface area contributed by atoms with Crippen LogP contribution in [0.2, 0.25) is 0 Å². The quantitative estimate of drug-likeness (QED) is 0.637. The Labute approximate surface area is 73.3 Å². The van der Waals surface area contributed by atoms with Crippen LogP contribution in [0.4, 0.5) is 0 Å². The van der Waals surface area contributed by atoms with Gasteiger partial charge in [-0.1, -0.05) is 17.1 Å². The average molecular weight is 187 g/mol. The second kappa shape index (κ2) is 3.44. The number of rotatable bonds is 2. The van der Waals surface area contributed by atoms with E-state index >= 15 is 0 Å². The lowest BCUT2D eigenvalue weighted by molar-refractivity contribution is -0.268. The molecule has 4 nitrogen and oxygen atoms in total. The topological polar surface area (TPSA) is 58.6 Å². The molecule has 0 aliphatic carbocycles. The summed E-state index contributed by atoms with van der Waals surface area (Å²) in [4.78, 5) is 10.9. The molecule has 1 aromatic heterocycles. The zero-order valence-corrected chi connectivity index (χ0v) is 7.44. The lowest BCUT2D eigenvalue weighted by atomic mass is 10.4. The monoisotopic (exact) mass is 187 g/mol. The molecule has 0 saturated heterocycles. The number of carbonyl (C=O) groups is 1. The van der Waals surface area contributed by atoms with E-state index in [1.807, 2.05) is 0 Å². The molecule has 1 aromatic rings. The van der Waals surface area contributed by atoms with Crippen molar-refractivity contribution in [3.63, 3.8) is 0 Å². The molecule has 0 fully saturated rings. The van der Waals surface area contributed by atoms with Crippen LogP contribution in [-0.2, 0) is 4.74 Å². The minimum absolute atomic E-state index is 0.0503. The Morgan fingerprint density at radius 2 is 2.25 bits per heavy atom. The fraction of sp³-hybridized carbons (Fsp3) is 0.286. The Bertz CT molecular complexity index is 292. The molecule has 0 N–H and O–H groups in total. The highest BCUT2D eigenvalue weighted by Gasteiger charge is 2.10. The summed E-state index contributed by atoms with van der Waals surface area (Å²) in [6.45, 7) is 0. The number of ether oxygens (including phenoxy) is 2. The van der Waals surface area contributed by atoms with E-state index in [1.54, 1.807) is 0 Å². The van der Waals surface area contributed by atoms with E-state index in [9.17, 15) is 9.90 Å². The van der Waals surface area contributed by atoms with Crippen molar-refractivity contribution in [1.82, 2.24) is 0 Å². The molecular weight excluding hydrogens is 180 g/mol. The zero-order valence-electron chi connectivity index (χ0n) is 6.62. The third kappa shape index (κ3) is 1.50. The number of methoxy groups -OCH3 is 2. The third-order valence-corrected chi connectivity index (χ3v) is 2.31. The standard InChI is InChI=1S/C7H8O4S/c1-10-5-3-4(8)6(12-5)7(9)11-2/h3,8H,1-2H3/p-1. The molecule has 12 heavy (non-hydrogen) atoms. The summed E-state index contributed by atoms with van der Waals surface area (Å²) in [6.07, 6.45) is 0. The van der Waals surface area contributed by atoms with Gasteiger partial charge in [0.05, 0.1) is 14.2 Å². The first-order valence-corrected chi connectivity index (χ1v) is 3.94. The van der Waals surface area contributed by atoms with Crippen LogP contribution in [0.15, 0.2) is 6.07 Å². The Kier molecular flexibility index (Phi) is 2.54. The van der Waals surface area contributed by atoms with Gasteiger partial charge in [0.2, 0.25) is 0 Å². The van der Waals surface area contributed by atoms with Gasteiger partial charge in [-0.25, -0.2) is 4.79 Å². The lowest BCUT2D eigenvalue weighted by Gasteiger charge is -2.02. The predicted octanol–water partition coefficient (Wildman–Crippen LogP) is 0.617. The Morgan fingerprint density at radius 3 is 2.67 bits per heavy atom. The molecule has 0 aromatic carbocycles. The first kappa shape index (κ1) is 8.86. The fourth-order valence-corrected chi connectivity index (χ4v) is 1.47. The summed E-state index contributed by atoms with van der Waals surface area (Å²) < 4.78 is 9.17. The molecule has 1 heterocycles. The largest absolute Gasteiger partial charge is 0.871 e. The molecule has 0 aliphatic heterocycles. The molecule has 0 radical (unpaired) electrons. The maximum absolute atomic E-state index is 11.0. The molecule has 0 spiro atoms. The van der Waals surface area contributed by atoms with Crippen molar-refractivity contribution in [2.24, 2.45) is 0 Å². The molecular formula is C7H7O4S-. The van der Waals surface area contributed by atoms with Crippen LogP contribution in [-0.4, -0.2) is 20.2 Å². The number of carbonyl (C=O) groups excluding carboxylic acids is 1. The Hall–Kier alpha value is -1.23. The van der Waals surface area contributed by atoms with Gasteiger partial charge in [-0.3, -0.25) is 0 Å². The van der Waals surface area contributed by atoms with Gasteiger partial charge in [-0.15, -0.1) is 0 Å². The first-order valence-electron chi connectivity index (χ1n) is 3.12. The summed E-state index contributed by atoms with van der Waals surface area (Å²) >= 11 is 0.983. The highest BCUT2D eigenvalue weighted by molar-refractivity contribution is 7.16. The SMILES string of the molecule is COC(=O)c1sc(OC)cc1[O-]. The van der Waals surface area contributed by atoms with Crippen LogP contribution < -0.4 is 9.84 Å². The van der Waals surface area contributed by atoms with Gasteiger partial charge in [-0.05, 0) is 6.07 Å². The summed E-state index contributed by atoms with van der Waals surface area (Å²) in [5.41, 5.74) is 0. The minimum atomic E-state index is -0.617. The number of thiophene rings is 1. The van der Waals surface area contributed by atoms with E-state index in [0.717, 1.165) is 11.3 Å². The summed E-state index contributed by atoms with van der Waals surface area (Å²) in [7, 11) is 2.67. The van der Waals surface area contributed by atoms with E-state index in [0.29, 0.717) is 5.06 Å². The smallest absolute Gasteiger partial charge is 0.347 e. The zero-order chi connectivity index (χ0) is 9.14. The molecule has 0 aliphatic rings. The highest BCUT2D eigenvalue weighted by atomic mass is 32.1. The molecule has 5 heteroatoms. The second-order valence-corrected chi connectivity index (χ2v) is 2.97. The lowest BCUT2D eigenvalue weighted by Crippen LogP contribution is -2.02. The average Bonchev–Trinajstić information content (AvgIpc) is 2.45. The maximum atomic E-state index is 11.0. The normalized spacial score (nSPS) is 9.50. The van der Waals surface area contributed by atoms with Crippen LogP contribution >= 0.6 is 11.3 Å². The number of hydrogen-bond donors (Lipinski definition) is 0. The summed E-state index contributed by atoms with van der Waals surface area (Å²) in [6, 6.07) is 1.26. The van der Waals surface area contributed by atoms with E-state index < -0.39 is 5.97 Å². The van der Waals surface area contributed by atoms with Crippen molar-refractivity contribution >= 4 is 17.3 Å². The van der Waals surface area contributed by atoms with Crippen molar-refractivity contribution in [1.29, 1.82) is 0 Å². The molecule has 0 atom stereocenters. The van der Waals surface area contributed by atoms with Crippen molar-refractivity contribution in [3.05, 3.63) is 10.9 Å². The van der Waals surface area contributed by atoms with Crippen molar-refractivity contribution in [2.75, 3.05) is 14.2 Å².